The lowest BCUT2D eigenvalue weighted by Gasteiger charge is -2.40. The van der Waals surface area contributed by atoms with Crippen molar-refractivity contribution in [2.24, 2.45) is 5.92 Å². The average molecular weight is 241 g/mol. The first-order chi connectivity index (χ1) is 8.31. The van der Waals surface area contributed by atoms with Crippen LogP contribution in [0.15, 0.2) is 0 Å². The molecule has 1 heterocycles. The van der Waals surface area contributed by atoms with E-state index in [-0.39, 0.29) is 6.10 Å². The Bertz CT molecular complexity index is 220. The number of hydrogen-bond donors (Lipinski definition) is 2. The quantitative estimate of drug-likeness (QED) is 0.788. The number of hydrogen-bond acceptors (Lipinski definition) is 3. The van der Waals surface area contributed by atoms with Gasteiger partial charge < -0.3 is 10.2 Å². The van der Waals surface area contributed by atoms with Gasteiger partial charge in [0.05, 0.1) is 6.10 Å². The van der Waals surface area contributed by atoms with Crippen LogP contribution in [-0.2, 0) is 0 Å². The molecule has 17 heavy (non-hydrogen) atoms. The SMILES string of the molecule is OCCC1CCCCN1CC1CCCCC1O. The van der Waals surface area contributed by atoms with Gasteiger partial charge in [-0.1, -0.05) is 19.3 Å². The second-order valence-corrected chi connectivity index (χ2v) is 5.77. The van der Waals surface area contributed by atoms with Gasteiger partial charge in [-0.2, -0.15) is 0 Å². The van der Waals surface area contributed by atoms with Gasteiger partial charge in [-0.15, -0.1) is 0 Å². The lowest BCUT2D eigenvalue weighted by molar-refractivity contribution is 0.0232. The highest BCUT2D eigenvalue weighted by molar-refractivity contribution is 4.83. The van der Waals surface area contributed by atoms with E-state index in [0.29, 0.717) is 18.6 Å². The van der Waals surface area contributed by atoms with Crippen molar-refractivity contribution < 1.29 is 10.2 Å². The molecule has 3 heteroatoms. The van der Waals surface area contributed by atoms with Crippen LogP contribution in [0.1, 0.15) is 51.4 Å². The van der Waals surface area contributed by atoms with Crippen LogP contribution in [0.4, 0.5) is 0 Å². The minimum atomic E-state index is -0.0829. The van der Waals surface area contributed by atoms with Gasteiger partial charge in [0, 0.05) is 19.2 Å². The van der Waals surface area contributed by atoms with Crippen LogP contribution in [-0.4, -0.2) is 47.0 Å². The third kappa shape index (κ3) is 3.67. The van der Waals surface area contributed by atoms with Crippen molar-refractivity contribution >= 4 is 0 Å². The van der Waals surface area contributed by atoms with E-state index >= 15 is 0 Å². The largest absolute Gasteiger partial charge is 0.396 e. The van der Waals surface area contributed by atoms with Crippen molar-refractivity contribution in [2.75, 3.05) is 19.7 Å². The molecular weight excluding hydrogens is 214 g/mol. The van der Waals surface area contributed by atoms with Gasteiger partial charge >= 0.3 is 0 Å². The Balaban J connectivity index is 1.85. The van der Waals surface area contributed by atoms with E-state index in [0.717, 1.165) is 25.9 Å². The van der Waals surface area contributed by atoms with Crippen molar-refractivity contribution in [3.63, 3.8) is 0 Å². The van der Waals surface area contributed by atoms with Gasteiger partial charge in [0.2, 0.25) is 0 Å². The standard InChI is InChI=1S/C14H27NO2/c16-10-8-13-6-3-4-9-15(13)11-12-5-1-2-7-14(12)17/h12-14,16-17H,1-11H2. The summed E-state index contributed by atoms with van der Waals surface area (Å²) < 4.78 is 0. The first-order valence-corrected chi connectivity index (χ1v) is 7.34. The maximum Gasteiger partial charge on any atom is 0.0580 e. The predicted octanol–water partition coefficient (Wildman–Crippen LogP) is 1.77. The average Bonchev–Trinajstić information content (AvgIpc) is 2.35. The smallest absolute Gasteiger partial charge is 0.0580 e. The lowest BCUT2D eigenvalue weighted by Crippen LogP contribution is -2.45. The summed E-state index contributed by atoms with van der Waals surface area (Å²) in [5.41, 5.74) is 0. The van der Waals surface area contributed by atoms with Crippen molar-refractivity contribution in [3.05, 3.63) is 0 Å². The molecule has 0 bridgehead atoms. The molecule has 0 aromatic rings. The van der Waals surface area contributed by atoms with Gasteiger partial charge in [0.15, 0.2) is 0 Å². The Hall–Kier alpha value is -0.120. The van der Waals surface area contributed by atoms with Gasteiger partial charge in [-0.05, 0) is 44.6 Å². The van der Waals surface area contributed by atoms with Crippen molar-refractivity contribution in [1.29, 1.82) is 0 Å². The van der Waals surface area contributed by atoms with Gasteiger partial charge in [-0.3, -0.25) is 4.90 Å². The third-order valence-corrected chi connectivity index (χ3v) is 4.55. The summed E-state index contributed by atoms with van der Waals surface area (Å²) in [5.74, 6) is 0.475. The van der Waals surface area contributed by atoms with E-state index in [1.165, 1.54) is 38.5 Å². The first-order valence-electron chi connectivity index (χ1n) is 7.34. The van der Waals surface area contributed by atoms with Gasteiger partial charge in [0.25, 0.3) is 0 Å². The Morgan fingerprint density at radius 2 is 1.76 bits per heavy atom. The minimum absolute atomic E-state index is 0.0829. The Kier molecular flexibility index (Phi) is 5.26. The summed E-state index contributed by atoms with van der Waals surface area (Å²) in [7, 11) is 0. The Labute approximate surface area is 105 Å². The summed E-state index contributed by atoms with van der Waals surface area (Å²) in [4.78, 5) is 2.53. The zero-order valence-electron chi connectivity index (χ0n) is 10.9. The topological polar surface area (TPSA) is 43.7 Å². The van der Waals surface area contributed by atoms with Crippen molar-refractivity contribution in [1.82, 2.24) is 4.90 Å². The maximum atomic E-state index is 10.0. The normalized spacial score (nSPS) is 36.0. The number of nitrogens with zero attached hydrogens (tertiary/aromatic N) is 1. The molecule has 1 aliphatic heterocycles. The zero-order chi connectivity index (χ0) is 12.1. The maximum absolute atomic E-state index is 10.0. The van der Waals surface area contributed by atoms with Crippen LogP contribution < -0.4 is 0 Å². The molecule has 0 amide bonds. The molecule has 0 aromatic carbocycles. The molecule has 2 fully saturated rings. The minimum Gasteiger partial charge on any atom is -0.396 e. The first kappa shape index (κ1) is 13.3. The van der Waals surface area contributed by atoms with Crippen LogP contribution in [0, 0.1) is 5.92 Å². The number of aliphatic hydroxyl groups is 2. The summed E-state index contributed by atoms with van der Waals surface area (Å²) >= 11 is 0. The molecule has 0 spiro atoms. The molecule has 3 atom stereocenters. The molecule has 0 aromatic heterocycles. The third-order valence-electron chi connectivity index (χ3n) is 4.55. The van der Waals surface area contributed by atoms with E-state index in [1.807, 2.05) is 0 Å². The van der Waals surface area contributed by atoms with Crippen molar-refractivity contribution in [3.8, 4) is 0 Å². The summed E-state index contributed by atoms with van der Waals surface area (Å²) in [5, 5.41) is 19.2. The van der Waals surface area contributed by atoms with E-state index in [4.69, 9.17) is 5.11 Å². The molecule has 3 nitrogen and oxygen atoms in total. The number of rotatable bonds is 4. The van der Waals surface area contributed by atoms with E-state index in [1.54, 1.807) is 0 Å². The highest BCUT2D eigenvalue weighted by atomic mass is 16.3. The second-order valence-electron chi connectivity index (χ2n) is 5.77. The fourth-order valence-electron chi connectivity index (χ4n) is 3.48. The Morgan fingerprint density at radius 1 is 1.00 bits per heavy atom. The fraction of sp³-hybridized carbons (Fsp3) is 1.00. The Morgan fingerprint density at radius 3 is 2.53 bits per heavy atom. The molecule has 2 aliphatic rings. The highest BCUT2D eigenvalue weighted by Crippen LogP contribution is 2.28. The van der Waals surface area contributed by atoms with Crippen LogP contribution in [0.2, 0.25) is 0 Å². The number of piperidine rings is 1. The molecular formula is C14H27NO2. The molecule has 1 saturated heterocycles. The fourth-order valence-corrected chi connectivity index (χ4v) is 3.48. The summed E-state index contributed by atoms with van der Waals surface area (Å²) in [6, 6.07) is 0.558. The molecule has 1 saturated carbocycles. The van der Waals surface area contributed by atoms with Gasteiger partial charge in [0.1, 0.15) is 0 Å². The van der Waals surface area contributed by atoms with Crippen LogP contribution in [0.3, 0.4) is 0 Å². The molecule has 100 valence electrons. The molecule has 1 aliphatic carbocycles. The van der Waals surface area contributed by atoms with E-state index in [9.17, 15) is 5.11 Å². The summed E-state index contributed by atoms with van der Waals surface area (Å²) in [6.07, 6.45) is 9.27. The van der Waals surface area contributed by atoms with Crippen LogP contribution >= 0.6 is 0 Å². The van der Waals surface area contributed by atoms with E-state index in [2.05, 4.69) is 4.90 Å². The number of likely N-dealkylation sites (tertiary alicyclic amines) is 1. The van der Waals surface area contributed by atoms with Gasteiger partial charge in [-0.25, -0.2) is 0 Å². The highest BCUT2D eigenvalue weighted by Gasteiger charge is 2.29. The lowest BCUT2D eigenvalue weighted by atomic mass is 9.85. The van der Waals surface area contributed by atoms with Crippen LogP contribution in [0.25, 0.3) is 0 Å². The second kappa shape index (κ2) is 6.72. The predicted molar refractivity (Wildman–Crippen MR) is 68.9 cm³/mol. The van der Waals surface area contributed by atoms with E-state index < -0.39 is 0 Å². The molecule has 2 N–H and O–H groups in total. The van der Waals surface area contributed by atoms with Crippen LogP contribution in [0.5, 0.6) is 0 Å². The van der Waals surface area contributed by atoms with Crippen molar-refractivity contribution in [2.45, 2.75) is 63.5 Å². The molecule has 0 radical (unpaired) electrons. The summed E-state index contributed by atoms with van der Waals surface area (Å²) in [6.45, 7) is 2.51. The zero-order valence-corrected chi connectivity index (χ0v) is 10.9. The molecule has 3 unspecified atom stereocenters. The monoisotopic (exact) mass is 241 g/mol. The number of aliphatic hydroxyl groups excluding tert-OH is 2. The molecule has 2 rings (SSSR count).